The summed E-state index contributed by atoms with van der Waals surface area (Å²) < 4.78 is 16.1. The van der Waals surface area contributed by atoms with Crippen molar-refractivity contribution in [1.82, 2.24) is 19.6 Å². The summed E-state index contributed by atoms with van der Waals surface area (Å²) in [6, 6.07) is 12.2. The van der Waals surface area contributed by atoms with Gasteiger partial charge in [0.25, 0.3) is 5.91 Å². The molecule has 0 spiro atoms. The number of nitriles is 2. The molecular formula is C20H15FN6O. The van der Waals surface area contributed by atoms with E-state index in [0.29, 0.717) is 36.3 Å². The number of carbonyl (C=O) groups excluding carboxylic acids is 1. The largest absolute Gasteiger partial charge is 0.346 e. The summed E-state index contributed by atoms with van der Waals surface area (Å²) in [5, 5.41) is 20.7. The number of carbonyl (C=O) groups is 1. The number of benzene rings is 1. The molecule has 4 rings (SSSR count). The quantitative estimate of drug-likeness (QED) is 0.710. The molecule has 1 atom stereocenters. The number of hydrogen-bond donors (Lipinski definition) is 1. The molecule has 138 valence electrons. The molecule has 2 aromatic heterocycles. The van der Waals surface area contributed by atoms with Crippen LogP contribution in [0.5, 0.6) is 0 Å². The van der Waals surface area contributed by atoms with Crippen LogP contribution < -0.4 is 5.32 Å². The minimum absolute atomic E-state index is 0.208. The van der Waals surface area contributed by atoms with Crippen molar-refractivity contribution in [3.05, 3.63) is 59.8 Å². The van der Waals surface area contributed by atoms with E-state index in [1.807, 2.05) is 12.3 Å². The van der Waals surface area contributed by atoms with Gasteiger partial charge < -0.3 is 10.2 Å². The lowest BCUT2D eigenvalue weighted by molar-refractivity contribution is 0.0929. The van der Waals surface area contributed by atoms with Crippen molar-refractivity contribution in [2.75, 3.05) is 13.1 Å². The molecule has 1 aromatic carbocycles. The maximum absolute atomic E-state index is 14.9. The molecule has 3 aromatic rings. The van der Waals surface area contributed by atoms with Gasteiger partial charge >= 0.3 is 0 Å². The van der Waals surface area contributed by atoms with E-state index in [1.165, 1.54) is 4.40 Å². The van der Waals surface area contributed by atoms with Gasteiger partial charge in [0.1, 0.15) is 5.65 Å². The fourth-order valence-electron chi connectivity index (χ4n) is 3.32. The maximum Gasteiger partial charge on any atom is 0.274 e. The summed E-state index contributed by atoms with van der Waals surface area (Å²) >= 11 is 0. The second kappa shape index (κ2) is 7.01. The molecule has 1 saturated heterocycles. The van der Waals surface area contributed by atoms with E-state index in [0.717, 1.165) is 5.56 Å². The summed E-state index contributed by atoms with van der Waals surface area (Å²) in [5.74, 6) is -1.35. The minimum Gasteiger partial charge on any atom is -0.346 e. The Balaban J connectivity index is 1.63. The average Bonchev–Trinajstić information content (AvgIpc) is 3.32. The van der Waals surface area contributed by atoms with Gasteiger partial charge in [-0.2, -0.15) is 14.9 Å². The predicted octanol–water partition coefficient (Wildman–Crippen LogP) is 2.30. The summed E-state index contributed by atoms with van der Waals surface area (Å²) in [6.45, 7) is 0.983. The van der Waals surface area contributed by atoms with Gasteiger partial charge in [-0.3, -0.25) is 9.20 Å². The highest BCUT2D eigenvalue weighted by atomic mass is 19.1. The Labute approximate surface area is 160 Å². The van der Waals surface area contributed by atoms with Crippen LogP contribution in [0, 0.1) is 28.7 Å². The lowest BCUT2D eigenvalue weighted by Crippen LogP contribution is -2.37. The van der Waals surface area contributed by atoms with E-state index in [-0.39, 0.29) is 11.7 Å². The lowest BCUT2D eigenvalue weighted by Gasteiger charge is -2.10. The Hall–Kier alpha value is -3.91. The molecule has 0 bridgehead atoms. The molecule has 0 saturated carbocycles. The third-order valence-corrected chi connectivity index (χ3v) is 4.77. The van der Waals surface area contributed by atoms with E-state index in [9.17, 15) is 9.18 Å². The first-order valence-corrected chi connectivity index (χ1v) is 8.72. The van der Waals surface area contributed by atoms with Crippen LogP contribution in [0.25, 0.3) is 16.8 Å². The van der Waals surface area contributed by atoms with Crippen LogP contribution in [0.2, 0.25) is 0 Å². The Morgan fingerprint density at radius 3 is 2.86 bits per heavy atom. The predicted molar refractivity (Wildman–Crippen MR) is 98.4 cm³/mol. The number of aromatic nitrogens is 2. The molecular weight excluding hydrogens is 359 g/mol. The van der Waals surface area contributed by atoms with Crippen LogP contribution >= 0.6 is 0 Å². The van der Waals surface area contributed by atoms with Crippen molar-refractivity contribution < 1.29 is 9.18 Å². The lowest BCUT2D eigenvalue weighted by atomic mass is 10.1. The average molecular weight is 374 g/mol. The van der Waals surface area contributed by atoms with Crippen molar-refractivity contribution in [3.8, 4) is 23.4 Å². The Morgan fingerprint density at radius 2 is 2.11 bits per heavy atom. The van der Waals surface area contributed by atoms with Crippen LogP contribution in [-0.4, -0.2) is 39.3 Å². The highest BCUT2D eigenvalue weighted by Crippen LogP contribution is 2.23. The van der Waals surface area contributed by atoms with Gasteiger partial charge in [0.05, 0.1) is 11.6 Å². The van der Waals surface area contributed by atoms with Gasteiger partial charge in [-0.05, 0) is 41.8 Å². The van der Waals surface area contributed by atoms with Crippen LogP contribution in [0.3, 0.4) is 0 Å². The number of halogens is 1. The van der Waals surface area contributed by atoms with Crippen LogP contribution in [0.1, 0.15) is 22.5 Å². The molecule has 8 heteroatoms. The zero-order valence-electron chi connectivity index (χ0n) is 14.8. The van der Waals surface area contributed by atoms with Crippen LogP contribution in [-0.2, 0) is 0 Å². The van der Waals surface area contributed by atoms with Crippen molar-refractivity contribution in [1.29, 1.82) is 10.5 Å². The smallest absolute Gasteiger partial charge is 0.274 e. The molecule has 1 fully saturated rings. The molecule has 1 amide bonds. The zero-order valence-corrected chi connectivity index (χ0v) is 14.8. The SMILES string of the molecule is N#Cc1cccc(-c2ccc3nc(C(=O)NC4CCN(C#N)C4)c(F)n3c2)c1. The van der Waals surface area contributed by atoms with Gasteiger partial charge in [0.15, 0.2) is 11.9 Å². The van der Waals surface area contributed by atoms with Crippen molar-refractivity contribution >= 4 is 11.6 Å². The van der Waals surface area contributed by atoms with Crippen LogP contribution in [0.4, 0.5) is 4.39 Å². The fraction of sp³-hybridized carbons (Fsp3) is 0.200. The normalized spacial score (nSPS) is 16.0. The van der Waals surface area contributed by atoms with Gasteiger partial charge in [-0.15, -0.1) is 0 Å². The summed E-state index contributed by atoms with van der Waals surface area (Å²) in [5.41, 5.74) is 2.01. The van der Waals surface area contributed by atoms with E-state index in [1.54, 1.807) is 41.4 Å². The number of rotatable bonds is 3. The zero-order chi connectivity index (χ0) is 19.7. The minimum atomic E-state index is -0.749. The molecule has 28 heavy (non-hydrogen) atoms. The van der Waals surface area contributed by atoms with Gasteiger partial charge in [0, 0.05) is 25.3 Å². The monoisotopic (exact) mass is 374 g/mol. The first-order valence-electron chi connectivity index (χ1n) is 8.72. The third-order valence-electron chi connectivity index (χ3n) is 4.77. The number of nitrogens with zero attached hydrogens (tertiary/aromatic N) is 5. The highest BCUT2D eigenvalue weighted by Gasteiger charge is 2.26. The number of pyridine rings is 1. The molecule has 0 radical (unpaired) electrons. The van der Waals surface area contributed by atoms with Crippen molar-refractivity contribution in [2.24, 2.45) is 0 Å². The number of nitrogens with one attached hydrogen (secondary N) is 1. The molecule has 0 aliphatic carbocycles. The molecule has 1 unspecified atom stereocenters. The number of amides is 1. The molecule has 1 aliphatic heterocycles. The Morgan fingerprint density at radius 1 is 1.25 bits per heavy atom. The summed E-state index contributed by atoms with van der Waals surface area (Å²) in [4.78, 5) is 18.1. The van der Waals surface area contributed by atoms with Gasteiger partial charge in [-0.25, -0.2) is 4.98 Å². The number of imidazole rings is 1. The second-order valence-corrected chi connectivity index (χ2v) is 6.59. The summed E-state index contributed by atoms with van der Waals surface area (Å²) in [7, 11) is 0. The molecule has 3 heterocycles. The first-order chi connectivity index (χ1) is 13.6. The van der Waals surface area contributed by atoms with E-state index in [4.69, 9.17) is 10.5 Å². The molecule has 7 nitrogen and oxygen atoms in total. The van der Waals surface area contributed by atoms with E-state index >= 15 is 0 Å². The second-order valence-electron chi connectivity index (χ2n) is 6.59. The Bertz CT molecular complexity index is 1160. The highest BCUT2D eigenvalue weighted by molar-refractivity contribution is 5.93. The topological polar surface area (TPSA) is 97.2 Å². The number of likely N-dealkylation sites (tertiary alicyclic amines) is 1. The standard InChI is InChI=1S/C20H15FN6O/c21-19-18(20(28)24-16-6-7-26(11-16)12-23)25-17-5-4-15(10-27(17)19)14-3-1-2-13(8-14)9-22/h1-5,8,10,16H,6-7,11H2,(H,24,28). The third kappa shape index (κ3) is 3.12. The Kier molecular flexibility index (Phi) is 4.38. The van der Waals surface area contributed by atoms with E-state index in [2.05, 4.69) is 16.4 Å². The van der Waals surface area contributed by atoms with Gasteiger partial charge in [0.2, 0.25) is 5.95 Å². The first kappa shape index (κ1) is 17.5. The van der Waals surface area contributed by atoms with Crippen LogP contribution in [0.15, 0.2) is 42.6 Å². The van der Waals surface area contributed by atoms with E-state index < -0.39 is 11.9 Å². The van der Waals surface area contributed by atoms with Crippen molar-refractivity contribution in [3.63, 3.8) is 0 Å². The molecule has 1 N–H and O–H groups in total. The van der Waals surface area contributed by atoms with Gasteiger partial charge in [-0.1, -0.05) is 12.1 Å². The summed E-state index contributed by atoms with van der Waals surface area (Å²) in [6.07, 6.45) is 4.22. The fourth-order valence-corrected chi connectivity index (χ4v) is 3.32. The number of hydrogen-bond acceptors (Lipinski definition) is 5. The maximum atomic E-state index is 14.9. The van der Waals surface area contributed by atoms with Crippen molar-refractivity contribution in [2.45, 2.75) is 12.5 Å². The number of fused-ring (bicyclic) bond motifs is 1. The molecule has 1 aliphatic rings.